The summed E-state index contributed by atoms with van der Waals surface area (Å²) in [4.78, 5) is 48.8. The predicted molar refractivity (Wildman–Crippen MR) is 121 cm³/mol. The van der Waals surface area contributed by atoms with Crippen LogP contribution in [0, 0.1) is 5.92 Å². The maximum Gasteiger partial charge on any atom is 0.259 e. The summed E-state index contributed by atoms with van der Waals surface area (Å²) >= 11 is 3.09. The molecule has 1 unspecified atom stereocenters. The largest absolute Gasteiger partial charge is 0.356 e. The number of fused-ring (bicyclic) bond motifs is 3. The number of nitrogens with one attached hydrogen (secondary N) is 2. The molecule has 4 rings (SSSR count). The van der Waals surface area contributed by atoms with Crippen molar-refractivity contribution in [3.8, 4) is 0 Å². The van der Waals surface area contributed by atoms with Crippen molar-refractivity contribution in [2.75, 3.05) is 25.4 Å². The second kappa shape index (κ2) is 9.51. The first-order valence-corrected chi connectivity index (χ1v) is 12.7. The Bertz CT molecular complexity index is 1000. The molecule has 0 aromatic carbocycles. The van der Waals surface area contributed by atoms with Crippen LogP contribution >= 0.6 is 23.1 Å². The quantitative estimate of drug-likeness (QED) is 0.679. The van der Waals surface area contributed by atoms with Gasteiger partial charge in [0.25, 0.3) is 5.56 Å². The second-order valence-electron chi connectivity index (χ2n) is 8.01. The van der Waals surface area contributed by atoms with Gasteiger partial charge in [-0.2, -0.15) is 0 Å². The van der Waals surface area contributed by atoms with Gasteiger partial charge in [0, 0.05) is 24.5 Å². The molecule has 0 bridgehead atoms. The fraction of sp³-hybridized carbons (Fsp3) is 0.619. The lowest BCUT2D eigenvalue weighted by Gasteiger charge is -2.32. The number of thioether (sulfide) groups is 1. The first-order valence-electron chi connectivity index (χ1n) is 10.7. The van der Waals surface area contributed by atoms with Crippen LogP contribution < -0.4 is 10.9 Å². The van der Waals surface area contributed by atoms with E-state index < -0.39 is 0 Å². The molecule has 2 aromatic rings. The van der Waals surface area contributed by atoms with Crippen molar-refractivity contribution < 1.29 is 9.59 Å². The fourth-order valence-corrected chi connectivity index (χ4v) is 6.32. The molecule has 0 spiro atoms. The minimum atomic E-state index is -0.111. The molecule has 1 aliphatic carbocycles. The van der Waals surface area contributed by atoms with Gasteiger partial charge < -0.3 is 15.2 Å². The third kappa shape index (κ3) is 4.56. The number of aryl methyl sites for hydroxylation is 2. The van der Waals surface area contributed by atoms with Crippen LogP contribution in [-0.2, 0) is 28.2 Å². The van der Waals surface area contributed by atoms with E-state index in [-0.39, 0.29) is 23.3 Å². The van der Waals surface area contributed by atoms with Crippen LogP contribution in [-0.4, -0.2) is 52.1 Å². The lowest BCUT2D eigenvalue weighted by Crippen LogP contribution is -2.46. The summed E-state index contributed by atoms with van der Waals surface area (Å²) in [5.74, 6) is 1.44. The van der Waals surface area contributed by atoms with Gasteiger partial charge in [-0.3, -0.25) is 14.4 Å². The van der Waals surface area contributed by atoms with E-state index in [1.165, 1.54) is 22.2 Å². The molecular formula is C21H28N4O3S2. The van der Waals surface area contributed by atoms with Gasteiger partial charge in [0.2, 0.25) is 11.8 Å². The molecule has 2 aliphatic rings. The normalized spacial score (nSPS) is 18.6. The molecule has 1 atom stereocenters. The van der Waals surface area contributed by atoms with Crippen LogP contribution in [0.15, 0.2) is 4.79 Å². The summed E-state index contributed by atoms with van der Waals surface area (Å²) in [6.07, 6.45) is 5.73. The first-order chi connectivity index (χ1) is 14.6. The van der Waals surface area contributed by atoms with Crippen molar-refractivity contribution in [2.24, 2.45) is 5.92 Å². The Hall–Kier alpha value is -1.87. The molecule has 1 fully saturated rings. The highest BCUT2D eigenvalue weighted by molar-refractivity contribution is 7.99. The lowest BCUT2D eigenvalue weighted by molar-refractivity contribution is -0.133. The van der Waals surface area contributed by atoms with Gasteiger partial charge in [-0.15, -0.1) is 23.1 Å². The smallest absolute Gasteiger partial charge is 0.259 e. The Kier molecular flexibility index (Phi) is 6.77. The molecule has 0 radical (unpaired) electrons. The van der Waals surface area contributed by atoms with E-state index in [9.17, 15) is 14.4 Å². The number of rotatable bonds is 7. The maximum atomic E-state index is 12.6. The van der Waals surface area contributed by atoms with Crippen LogP contribution in [0.2, 0.25) is 0 Å². The van der Waals surface area contributed by atoms with E-state index in [2.05, 4.69) is 15.3 Å². The van der Waals surface area contributed by atoms with Gasteiger partial charge in [0.1, 0.15) is 10.7 Å². The summed E-state index contributed by atoms with van der Waals surface area (Å²) in [6, 6.07) is 0. The average Bonchev–Trinajstić information content (AvgIpc) is 3.33. The minimum Gasteiger partial charge on any atom is -0.356 e. The number of piperidine rings is 1. The number of H-pyrrole nitrogens is 1. The molecule has 1 aliphatic heterocycles. The third-order valence-electron chi connectivity index (χ3n) is 5.78. The van der Waals surface area contributed by atoms with Crippen molar-refractivity contribution in [1.82, 2.24) is 20.2 Å². The monoisotopic (exact) mass is 448 g/mol. The molecule has 162 valence electrons. The SMILES string of the molecule is CCCNC(=O)C1CCCN(C(=O)CSCc2nc3sc4c(c3c(=O)[nH]2)CCC4)C1. The van der Waals surface area contributed by atoms with Gasteiger partial charge in [0.15, 0.2) is 0 Å². The number of carbonyl (C=O) groups excluding carboxylic acids is 2. The molecular weight excluding hydrogens is 420 g/mol. The number of aromatic nitrogens is 2. The maximum absolute atomic E-state index is 12.6. The van der Waals surface area contributed by atoms with Crippen molar-refractivity contribution in [3.05, 3.63) is 26.6 Å². The van der Waals surface area contributed by atoms with Crippen LogP contribution in [0.3, 0.4) is 0 Å². The standard InChI is InChI=1S/C21H28N4O3S2/c1-2-8-22-19(27)13-5-4-9-25(10-13)17(26)12-29-11-16-23-20(28)18-14-6-3-7-15(14)30-21(18)24-16/h13H,2-12H2,1H3,(H,22,27)(H,23,24,28). The molecule has 2 aromatic heterocycles. The number of carbonyl (C=O) groups is 2. The van der Waals surface area contributed by atoms with E-state index in [1.54, 1.807) is 16.2 Å². The van der Waals surface area contributed by atoms with Gasteiger partial charge in [0.05, 0.1) is 22.8 Å². The van der Waals surface area contributed by atoms with Crippen molar-refractivity contribution in [2.45, 2.75) is 51.2 Å². The topological polar surface area (TPSA) is 95.2 Å². The van der Waals surface area contributed by atoms with E-state index >= 15 is 0 Å². The number of hydrogen-bond acceptors (Lipinski definition) is 6. The van der Waals surface area contributed by atoms with Crippen molar-refractivity contribution in [1.29, 1.82) is 0 Å². The van der Waals surface area contributed by atoms with Crippen LogP contribution in [0.4, 0.5) is 0 Å². The fourth-order valence-electron chi connectivity index (χ4n) is 4.25. The Balaban J connectivity index is 1.31. The Labute approximate surface area is 184 Å². The third-order valence-corrected chi connectivity index (χ3v) is 7.90. The van der Waals surface area contributed by atoms with Crippen molar-refractivity contribution in [3.63, 3.8) is 0 Å². The molecule has 3 heterocycles. The first kappa shape index (κ1) is 21.4. The number of hydrogen-bond donors (Lipinski definition) is 2. The zero-order valence-electron chi connectivity index (χ0n) is 17.3. The number of aromatic amines is 1. The molecule has 7 nitrogen and oxygen atoms in total. The second-order valence-corrected chi connectivity index (χ2v) is 10.1. The zero-order chi connectivity index (χ0) is 21.1. The van der Waals surface area contributed by atoms with Gasteiger partial charge in [-0.25, -0.2) is 4.98 Å². The summed E-state index contributed by atoms with van der Waals surface area (Å²) < 4.78 is 0. The van der Waals surface area contributed by atoms with Gasteiger partial charge in [-0.1, -0.05) is 6.92 Å². The van der Waals surface area contributed by atoms with Crippen LogP contribution in [0.25, 0.3) is 10.2 Å². The summed E-state index contributed by atoms with van der Waals surface area (Å²) in [6.45, 7) is 3.91. The highest BCUT2D eigenvalue weighted by atomic mass is 32.2. The number of amides is 2. The van der Waals surface area contributed by atoms with E-state index in [0.29, 0.717) is 37.0 Å². The Morgan fingerprint density at radius 2 is 2.20 bits per heavy atom. The van der Waals surface area contributed by atoms with Gasteiger partial charge in [-0.05, 0) is 44.1 Å². The summed E-state index contributed by atoms with van der Waals surface area (Å²) in [5.41, 5.74) is 1.12. The number of thiophene rings is 1. The van der Waals surface area contributed by atoms with E-state index in [1.807, 2.05) is 6.92 Å². The lowest BCUT2D eigenvalue weighted by atomic mass is 9.97. The van der Waals surface area contributed by atoms with Crippen LogP contribution in [0.1, 0.15) is 48.9 Å². The average molecular weight is 449 g/mol. The van der Waals surface area contributed by atoms with Gasteiger partial charge >= 0.3 is 0 Å². The molecule has 30 heavy (non-hydrogen) atoms. The Morgan fingerprint density at radius 1 is 1.33 bits per heavy atom. The highest BCUT2D eigenvalue weighted by Crippen LogP contribution is 2.34. The number of nitrogens with zero attached hydrogens (tertiary/aromatic N) is 2. The zero-order valence-corrected chi connectivity index (χ0v) is 18.9. The minimum absolute atomic E-state index is 0.0477. The molecule has 2 N–H and O–H groups in total. The molecule has 2 amide bonds. The molecule has 9 heteroatoms. The molecule has 1 saturated heterocycles. The van der Waals surface area contributed by atoms with Crippen LogP contribution in [0.5, 0.6) is 0 Å². The van der Waals surface area contributed by atoms with Crippen molar-refractivity contribution >= 4 is 45.1 Å². The van der Waals surface area contributed by atoms with E-state index in [0.717, 1.165) is 48.7 Å². The Morgan fingerprint density at radius 3 is 3.03 bits per heavy atom. The number of likely N-dealkylation sites (tertiary alicyclic amines) is 1. The van der Waals surface area contributed by atoms with E-state index in [4.69, 9.17) is 0 Å². The summed E-state index contributed by atoms with van der Waals surface area (Å²) in [7, 11) is 0. The molecule has 0 saturated carbocycles. The highest BCUT2D eigenvalue weighted by Gasteiger charge is 2.28. The predicted octanol–water partition coefficient (Wildman–Crippen LogP) is 2.47. The summed E-state index contributed by atoms with van der Waals surface area (Å²) in [5, 5.41) is 3.70.